The first kappa shape index (κ1) is 10.2. The predicted octanol–water partition coefficient (Wildman–Crippen LogP) is 1.00. The molecule has 1 aromatic rings. The van der Waals surface area contributed by atoms with E-state index in [9.17, 15) is 5.11 Å². The molecule has 0 aromatic carbocycles. The van der Waals surface area contributed by atoms with Gasteiger partial charge in [-0.05, 0) is 19.4 Å². The van der Waals surface area contributed by atoms with E-state index in [1.165, 1.54) is 0 Å². The van der Waals surface area contributed by atoms with Crippen molar-refractivity contribution in [2.75, 3.05) is 30.4 Å². The molecule has 4 nitrogen and oxygen atoms in total. The largest absolute Gasteiger partial charge is 0.391 e. The lowest BCUT2D eigenvalue weighted by Gasteiger charge is -2.18. The van der Waals surface area contributed by atoms with Gasteiger partial charge in [0.2, 0.25) is 0 Å². The molecule has 1 aliphatic heterocycles. The van der Waals surface area contributed by atoms with Crippen LogP contribution in [0.15, 0.2) is 12.1 Å². The molecule has 1 saturated heterocycles. The first-order valence-electron chi connectivity index (χ1n) is 5.28. The Morgan fingerprint density at radius 2 is 2.33 bits per heavy atom. The lowest BCUT2D eigenvalue weighted by Crippen LogP contribution is -2.22. The topological polar surface area (TPSA) is 48.4 Å². The van der Waals surface area contributed by atoms with E-state index in [2.05, 4.69) is 15.2 Å². The highest BCUT2D eigenvalue weighted by Crippen LogP contribution is 2.22. The zero-order valence-electron chi connectivity index (χ0n) is 9.20. The fraction of sp³-hybridized carbons (Fsp3) is 0.545. The van der Waals surface area contributed by atoms with Gasteiger partial charge in [-0.1, -0.05) is 0 Å². The van der Waals surface area contributed by atoms with E-state index in [-0.39, 0.29) is 6.10 Å². The second-order valence-corrected chi connectivity index (χ2v) is 3.99. The van der Waals surface area contributed by atoms with Gasteiger partial charge in [-0.3, -0.25) is 0 Å². The van der Waals surface area contributed by atoms with E-state index < -0.39 is 0 Å². The lowest BCUT2D eigenvalue weighted by molar-refractivity contribution is 0.198. The number of nitrogens with zero attached hydrogens (tertiary/aromatic N) is 2. The maximum atomic E-state index is 9.47. The van der Waals surface area contributed by atoms with Gasteiger partial charge in [0.1, 0.15) is 5.82 Å². The summed E-state index contributed by atoms with van der Waals surface area (Å²) in [6.07, 6.45) is 0.634. The van der Waals surface area contributed by atoms with Crippen molar-refractivity contribution in [2.45, 2.75) is 19.4 Å². The summed E-state index contributed by atoms with van der Waals surface area (Å²) in [6.45, 7) is 3.57. The molecule has 0 unspecified atom stereocenters. The average Bonchev–Trinajstić information content (AvgIpc) is 2.64. The van der Waals surface area contributed by atoms with E-state index in [0.717, 1.165) is 30.2 Å². The molecule has 15 heavy (non-hydrogen) atoms. The quantitative estimate of drug-likeness (QED) is 0.759. The highest BCUT2D eigenvalue weighted by molar-refractivity contribution is 5.55. The standard InChI is InChI=1S/C11H17N3O/c1-8-5-9(12-2)6-11(13-8)14-4-3-10(15)7-14/h5-6,10,15H,3-4,7H2,1-2H3,(H,12,13)/t10-/m0/s1. The van der Waals surface area contributed by atoms with Gasteiger partial charge in [0.05, 0.1) is 6.10 Å². The Balaban J connectivity index is 2.24. The van der Waals surface area contributed by atoms with E-state index in [1.54, 1.807) is 0 Å². The van der Waals surface area contributed by atoms with Gasteiger partial charge >= 0.3 is 0 Å². The van der Waals surface area contributed by atoms with Gasteiger partial charge in [0, 0.05) is 37.6 Å². The Bertz CT molecular complexity index is 354. The number of nitrogens with one attached hydrogen (secondary N) is 1. The van der Waals surface area contributed by atoms with Crippen molar-refractivity contribution < 1.29 is 5.11 Å². The molecule has 0 saturated carbocycles. The number of aliphatic hydroxyl groups is 1. The Kier molecular flexibility index (Phi) is 2.77. The molecule has 0 radical (unpaired) electrons. The van der Waals surface area contributed by atoms with Crippen molar-refractivity contribution in [2.24, 2.45) is 0 Å². The number of β-amino-alcohol motifs (C(OH)–C–C–N with tert-alkyl or cyclic N) is 1. The third-order valence-corrected chi connectivity index (χ3v) is 2.72. The van der Waals surface area contributed by atoms with Gasteiger partial charge in [-0.25, -0.2) is 4.98 Å². The molecule has 0 aliphatic carbocycles. The maximum absolute atomic E-state index is 9.47. The lowest BCUT2D eigenvalue weighted by atomic mass is 10.3. The van der Waals surface area contributed by atoms with Crippen LogP contribution in [0.4, 0.5) is 11.5 Å². The van der Waals surface area contributed by atoms with Crippen LogP contribution in [0.3, 0.4) is 0 Å². The monoisotopic (exact) mass is 207 g/mol. The van der Waals surface area contributed by atoms with Crippen LogP contribution in [-0.2, 0) is 0 Å². The molecule has 2 heterocycles. The van der Waals surface area contributed by atoms with Crippen LogP contribution in [0.2, 0.25) is 0 Å². The summed E-state index contributed by atoms with van der Waals surface area (Å²) in [6, 6.07) is 4.03. The van der Waals surface area contributed by atoms with E-state index in [0.29, 0.717) is 6.54 Å². The molecular weight excluding hydrogens is 190 g/mol. The second kappa shape index (κ2) is 4.06. The smallest absolute Gasteiger partial charge is 0.130 e. The Hall–Kier alpha value is -1.29. The number of hydrogen-bond acceptors (Lipinski definition) is 4. The molecular formula is C11H17N3O. The molecule has 2 rings (SSSR count). The Labute approximate surface area is 89.9 Å². The van der Waals surface area contributed by atoms with E-state index >= 15 is 0 Å². The summed E-state index contributed by atoms with van der Waals surface area (Å²) in [7, 11) is 1.90. The molecule has 0 bridgehead atoms. The fourth-order valence-electron chi connectivity index (χ4n) is 1.91. The minimum Gasteiger partial charge on any atom is -0.391 e. The van der Waals surface area contributed by atoms with Crippen LogP contribution in [0.25, 0.3) is 0 Å². The van der Waals surface area contributed by atoms with Crippen LogP contribution in [0, 0.1) is 6.92 Å². The Morgan fingerprint density at radius 1 is 1.53 bits per heavy atom. The minimum absolute atomic E-state index is 0.203. The first-order valence-corrected chi connectivity index (χ1v) is 5.28. The highest BCUT2D eigenvalue weighted by atomic mass is 16.3. The maximum Gasteiger partial charge on any atom is 0.130 e. The van der Waals surface area contributed by atoms with Crippen molar-refractivity contribution in [3.8, 4) is 0 Å². The third kappa shape index (κ3) is 2.21. The normalized spacial score (nSPS) is 20.7. The molecule has 1 atom stereocenters. The summed E-state index contributed by atoms with van der Waals surface area (Å²) in [5.41, 5.74) is 2.07. The van der Waals surface area contributed by atoms with Crippen LogP contribution >= 0.6 is 0 Å². The number of hydrogen-bond donors (Lipinski definition) is 2. The minimum atomic E-state index is -0.203. The molecule has 2 N–H and O–H groups in total. The number of aryl methyl sites for hydroxylation is 1. The molecule has 1 aliphatic rings. The van der Waals surface area contributed by atoms with Gasteiger partial charge in [0.15, 0.2) is 0 Å². The number of aromatic nitrogens is 1. The first-order chi connectivity index (χ1) is 7.19. The zero-order valence-corrected chi connectivity index (χ0v) is 9.20. The van der Waals surface area contributed by atoms with Gasteiger partial charge in [0.25, 0.3) is 0 Å². The molecule has 0 spiro atoms. The SMILES string of the molecule is CNc1cc(C)nc(N2CC[C@H](O)C2)c1. The molecule has 0 amide bonds. The van der Waals surface area contributed by atoms with Crippen molar-refractivity contribution >= 4 is 11.5 Å². The van der Waals surface area contributed by atoms with Gasteiger partial charge in [-0.15, -0.1) is 0 Å². The van der Waals surface area contributed by atoms with Crippen molar-refractivity contribution in [3.63, 3.8) is 0 Å². The summed E-state index contributed by atoms with van der Waals surface area (Å²) in [5, 5.41) is 12.6. The van der Waals surface area contributed by atoms with Crippen LogP contribution in [0.1, 0.15) is 12.1 Å². The van der Waals surface area contributed by atoms with Gasteiger partial charge in [-0.2, -0.15) is 0 Å². The van der Waals surface area contributed by atoms with Crippen molar-refractivity contribution in [1.29, 1.82) is 0 Å². The Morgan fingerprint density at radius 3 is 2.93 bits per heavy atom. The third-order valence-electron chi connectivity index (χ3n) is 2.72. The summed E-state index contributed by atoms with van der Waals surface area (Å²) < 4.78 is 0. The zero-order chi connectivity index (χ0) is 10.8. The van der Waals surface area contributed by atoms with Gasteiger partial charge < -0.3 is 15.3 Å². The molecule has 1 aromatic heterocycles. The van der Waals surface area contributed by atoms with E-state index in [4.69, 9.17) is 0 Å². The van der Waals surface area contributed by atoms with Crippen molar-refractivity contribution in [1.82, 2.24) is 4.98 Å². The summed E-state index contributed by atoms with van der Waals surface area (Å²) >= 11 is 0. The van der Waals surface area contributed by atoms with Crippen molar-refractivity contribution in [3.05, 3.63) is 17.8 Å². The molecule has 1 fully saturated rings. The summed E-state index contributed by atoms with van der Waals surface area (Å²) in [4.78, 5) is 6.60. The number of anilines is 2. The molecule has 82 valence electrons. The average molecular weight is 207 g/mol. The number of rotatable bonds is 2. The highest BCUT2D eigenvalue weighted by Gasteiger charge is 2.21. The number of pyridine rings is 1. The van der Waals surface area contributed by atoms with Crippen LogP contribution < -0.4 is 10.2 Å². The van der Waals surface area contributed by atoms with Crippen LogP contribution in [-0.4, -0.2) is 36.3 Å². The second-order valence-electron chi connectivity index (χ2n) is 3.99. The predicted molar refractivity (Wildman–Crippen MR) is 61.4 cm³/mol. The fourth-order valence-corrected chi connectivity index (χ4v) is 1.91. The van der Waals surface area contributed by atoms with E-state index in [1.807, 2.05) is 26.1 Å². The molecule has 4 heteroatoms. The van der Waals surface area contributed by atoms with Crippen LogP contribution in [0.5, 0.6) is 0 Å². The summed E-state index contributed by atoms with van der Waals surface area (Å²) in [5.74, 6) is 0.955. The number of aliphatic hydroxyl groups excluding tert-OH is 1.